The summed E-state index contributed by atoms with van der Waals surface area (Å²) >= 11 is 0. The minimum atomic E-state index is -0.485. The van der Waals surface area contributed by atoms with E-state index in [2.05, 4.69) is 15.1 Å². The molecular weight excluding hydrogens is 397 g/mol. The van der Waals surface area contributed by atoms with Crippen LogP contribution in [0.4, 0.5) is 4.39 Å². The molecule has 4 aromatic rings. The number of halogens is 1. The van der Waals surface area contributed by atoms with Gasteiger partial charge in [-0.05, 0) is 44.0 Å². The Hall–Kier alpha value is -3.81. The van der Waals surface area contributed by atoms with Gasteiger partial charge in [0.05, 0.1) is 17.1 Å². The van der Waals surface area contributed by atoms with Gasteiger partial charge in [-0.1, -0.05) is 24.3 Å². The summed E-state index contributed by atoms with van der Waals surface area (Å²) in [6.45, 7) is 2.15. The summed E-state index contributed by atoms with van der Waals surface area (Å²) in [6, 6.07) is 14.8. The summed E-state index contributed by atoms with van der Waals surface area (Å²) < 4.78 is 15.6. The van der Waals surface area contributed by atoms with Crippen molar-refractivity contribution in [3.8, 4) is 5.69 Å². The normalized spacial score (nSPS) is 16.2. The van der Waals surface area contributed by atoms with Crippen molar-refractivity contribution in [2.45, 2.75) is 25.8 Å². The Bertz CT molecular complexity index is 1330. The van der Waals surface area contributed by atoms with E-state index in [4.69, 9.17) is 0 Å². The van der Waals surface area contributed by atoms with Crippen LogP contribution in [0.1, 0.15) is 40.9 Å². The van der Waals surface area contributed by atoms with E-state index in [9.17, 15) is 14.0 Å². The van der Waals surface area contributed by atoms with Gasteiger partial charge in [0, 0.05) is 18.3 Å². The van der Waals surface area contributed by atoms with Gasteiger partial charge in [0.25, 0.3) is 5.91 Å². The quantitative estimate of drug-likeness (QED) is 0.553. The maximum Gasteiger partial charge on any atom is 0.279 e. The Labute approximate surface area is 177 Å². The van der Waals surface area contributed by atoms with Gasteiger partial charge >= 0.3 is 0 Å². The van der Waals surface area contributed by atoms with Crippen molar-refractivity contribution in [1.82, 2.24) is 24.6 Å². The Morgan fingerprint density at radius 2 is 1.94 bits per heavy atom. The third kappa shape index (κ3) is 3.30. The predicted molar refractivity (Wildman–Crippen MR) is 114 cm³/mol. The highest BCUT2D eigenvalue weighted by atomic mass is 19.1. The molecule has 1 atom stereocenters. The number of nitrogens with one attached hydrogen (secondary N) is 1. The number of amides is 1. The van der Waals surface area contributed by atoms with Crippen LogP contribution in [0.25, 0.3) is 16.7 Å². The molecule has 8 heteroatoms. The smallest absolute Gasteiger partial charge is 0.279 e. The van der Waals surface area contributed by atoms with Crippen molar-refractivity contribution in [1.29, 1.82) is 0 Å². The number of hydrogen-bond donors (Lipinski definition) is 1. The number of carbonyl (C=O) groups is 1. The zero-order valence-electron chi connectivity index (χ0n) is 16.9. The molecule has 1 aliphatic rings. The standard InChI is InChI=1S/C23H20FN5O2/c1-14-13-20(30)21(27-29(14)18-10-5-2-7-15(18)24)23(31)28-12-6-11-19(28)22-25-16-8-3-4-9-17(16)26-22/h2-5,7-10,13,19H,6,11-12H2,1H3,(H,25,26). The van der Waals surface area contributed by atoms with Crippen molar-refractivity contribution in [3.63, 3.8) is 0 Å². The van der Waals surface area contributed by atoms with E-state index in [1.165, 1.54) is 16.8 Å². The highest BCUT2D eigenvalue weighted by molar-refractivity contribution is 5.92. The SMILES string of the molecule is Cc1cc(=O)c(C(=O)N2CCCC2c2nc3ccccc3[nH]2)nn1-c1ccccc1F. The lowest BCUT2D eigenvalue weighted by molar-refractivity contribution is 0.0721. The molecule has 1 amide bonds. The number of aromatic nitrogens is 4. The molecule has 1 saturated heterocycles. The van der Waals surface area contributed by atoms with Gasteiger partial charge in [-0.2, -0.15) is 5.10 Å². The number of aryl methyl sites for hydroxylation is 1. The van der Waals surface area contributed by atoms with Gasteiger partial charge in [-0.15, -0.1) is 0 Å². The molecule has 1 N–H and O–H groups in total. The number of H-pyrrole nitrogens is 1. The minimum absolute atomic E-state index is 0.185. The second-order valence-corrected chi connectivity index (χ2v) is 7.66. The zero-order chi connectivity index (χ0) is 21.5. The fourth-order valence-electron chi connectivity index (χ4n) is 4.12. The van der Waals surface area contributed by atoms with E-state index in [-0.39, 0.29) is 17.4 Å². The Morgan fingerprint density at radius 1 is 1.16 bits per heavy atom. The number of fused-ring (bicyclic) bond motifs is 1. The first kappa shape index (κ1) is 19.2. The lowest BCUT2D eigenvalue weighted by atomic mass is 10.2. The van der Waals surface area contributed by atoms with E-state index in [0.29, 0.717) is 18.1 Å². The van der Waals surface area contributed by atoms with Crippen molar-refractivity contribution < 1.29 is 9.18 Å². The second-order valence-electron chi connectivity index (χ2n) is 7.66. The van der Waals surface area contributed by atoms with Crippen molar-refractivity contribution in [3.05, 3.63) is 87.9 Å². The predicted octanol–water partition coefficient (Wildman–Crippen LogP) is 3.53. The molecule has 0 radical (unpaired) electrons. The maximum atomic E-state index is 14.3. The summed E-state index contributed by atoms with van der Waals surface area (Å²) in [5, 5.41) is 4.26. The molecule has 156 valence electrons. The third-order valence-electron chi connectivity index (χ3n) is 5.63. The Balaban J connectivity index is 1.54. The number of hydrogen-bond acceptors (Lipinski definition) is 4. The van der Waals surface area contributed by atoms with Gasteiger partial charge in [-0.3, -0.25) is 9.59 Å². The molecule has 31 heavy (non-hydrogen) atoms. The van der Waals surface area contributed by atoms with E-state index in [1.807, 2.05) is 24.3 Å². The lowest BCUT2D eigenvalue weighted by Gasteiger charge is -2.23. The molecule has 0 aliphatic carbocycles. The second kappa shape index (κ2) is 7.46. The average molecular weight is 417 g/mol. The first-order valence-corrected chi connectivity index (χ1v) is 10.1. The van der Waals surface area contributed by atoms with Gasteiger partial charge < -0.3 is 9.88 Å². The highest BCUT2D eigenvalue weighted by Gasteiger charge is 2.34. The molecule has 3 heterocycles. The molecule has 7 nitrogen and oxygen atoms in total. The third-order valence-corrected chi connectivity index (χ3v) is 5.63. The van der Waals surface area contributed by atoms with Gasteiger partial charge in [0.15, 0.2) is 5.69 Å². The zero-order valence-corrected chi connectivity index (χ0v) is 16.9. The fourth-order valence-corrected chi connectivity index (χ4v) is 4.12. The summed E-state index contributed by atoms with van der Waals surface area (Å²) in [4.78, 5) is 35.6. The van der Waals surface area contributed by atoms with Crippen molar-refractivity contribution in [2.24, 2.45) is 0 Å². The topological polar surface area (TPSA) is 83.9 Å². The highest BCUT2D eigenvalue weighted by Crippen LogP contribution is 2.32. The van der Waals surface area contributed by atoms with Gasteiger partial charge in [0.2, 0.25) is 5.43 Å². The van der Waals surface area contributed by atoms with Gasteiger partial charge in [0.1, 0.15) is 17.3 Å². The number of aromatic amines is 1. The summed E-state index contributed by atoms with van der Waals surface area (Å²) in [5.41, 5.74) is 1.65. The molecule has 2 aromatic carbocycles. The first-order valence-electron chi connectivity index (χ1n) is 10.1. The van der Waals surface area contributed by atoms with Crippen LogP contribution in [0.15, 0.2) is 59.4 Å². The molecule has 1 unspecified atom stereocenters. The number of rotatable bonds is 3. The molecule has 1 fully saturated rings. The minimum Gasteiger partial charge on any atom is -0.340 e. The fraction of sp³-hybridized carbons (Fsp3) is 0.217. The van der Waals surface area contributed by atoms with Gasteiger partial charge in [-0.25, -0.2) is 14.1 Å². The van der Waals surface area contributed by atoms with Crippen molar-refractivity contribution >= 4 is 16.9 Å². The molecule has 5 rings (SSSR count). The first-order chi connectivity index (χ1) is 15.0. The molecule has 0 spiro atoms. The monoisotopic (exact) mass is 417 g/mol. The largest absolute Gasteiger partial charge is 0.340 e. The summed E-state index contributed by atoms with van der Waals surface area (Å²) in [7, 11) is 0. The van der Waals surface area contributed by atoms with Crippen LogP contribution in [-0.4, -0.2) is 37.1 Å². The molecule has 0 saturated carbocycles. The van der Waals surface area contributed by atoms with E-state index in [0.717, 1.165) is 23.9 Å². The van der Waals surface area contributed by atoms with E-state index >= 15 is 0 Å². The average Bonchev–Trinajstić information content (AvgIpc) is 3.41. The number of benzene rings is 2. The van der Waals surface area contributed by atoms with Crippen LogP contribution in [0.3, 0.4) is 0 Å². The summed E-state index contributed by atoms with van der Waals surface area (Å²) in [5.74, 6) is -0.270. The van der Waals surface area contributed by atoms with Crippen LogP contribution in [0.5, 0.6) is 0 Å². The number of para-hydroxylation sites is 3. The van der Waals surface area contributed by atoms with E-state index in [1.54, 1.807) is 30.0 Å². The number of carbonyl (C=O) groups excluding carboxylic acids is 1. The number of nitrogens with zero attached hydrogens (tertiary/aromatic N) is 4. The number of likely N-dealkylation sites (tertiary alicyclic amines) is 1. The lowest BCUT2D eigenvalue weighted by Crippen LogP contribution is -2.36. The summed E-state index contributed by atoms with van der Waals surface area (Å²) in [6.07, 6.45) is 1.53. The Kier molecular flexibility index (Phi) is 4.62. The van der Waals surface area contributed by atoms with Crippen LogP contribution >= 0.6 is 0 Å². The maximum absolute atomic E-state index is 14.3. The molecule has 1 aliphatic heterocycles. The van der Waals surface area contributed by atoms with Crippen molar-refractivity contribution in [2.75, 3.05) is 6.54 Å². The van der Waals surface area contributed by atoms with Crippen LogP contribution < -0.4 is 5.43 Å². The van der Waals surface area contributed by atoms with E-state index < -0.39 is 17.2 Å². The van der Waals surface area contributed by atoms with Crippen LogP contribution in [-0.2, 0) is 0 Å². The number of imidazole rings is 1. The Morgan fingerprint density at radius 3 is 2.74 bits per heavy atom. The van der Waals surface area contributed by atoms with Crippen LogP contribution in [0.2, 0.25) is 0 Å². The molecular formula is C23H20FN5O2. The van der Waals surface area contributed by atoms with Crippen LogP contribution in [0, 0.1) is 12.7 Å². The molecule has 0 bridgehead atoms. The molecule has 2 aromatic heterocycles.